The van der Waals surface area contributed by atoms with Crippen LogP contribution in [0.3, 0.4) is 0 Å². The molecule has 2 aromatic heterocycles. The largest absolute Gasteiger partial charge is 0.414 e. The van der Waals surface area contributed by atoms with Gasteiger partial charge in [0.2, 0.25) is 5.79 Å². The average Bonchev–Trinajstić information content (AvgIpc) is 3.39. The maximum Gasteiger partial charge on any atom is 0.239 e. The van der Waals surface area contributed by atoms with Gasteiger partial charge in [0.15, 0.2) is 22.5 Å². The van der Waals surface area contributed by atoms with Crippen LogP contribution >= 0.6 is 0 Å². The Kier molecular flexibility index (Phi) is 8.55. The summed E-state index contributed by atoms with van der Waals surface area (Å²) in [5.41, 5.74) is 6.26. The van der Waals surface area contributed by atoms with Gasteiger partial charge in [-0.2, -0.15) is 5.10 Å². The minimum absolute atomic E-state index is 0.106. The lowest BCUT2D eigenvalue weighted by molar-refractivity contribution is -0.269. The van der Waals surface area contributed by atoms with E-state index in [1.807, 2.05) is 19.1 Å². The highest BCUT2D eigenvalue weighted by Crippen LogP contribution is 2.53. The van der Waals surface area contributed by atoms with E-state index in [-0.39, 0.29) is 12.0 Å². The Labute approximate surface area is 212 Å². The Morgan fingerprint density at radius 2 is 1.60 bits per heavy atom. The zero-order valence-electron chi connectivity index (χ0n) is 22.9. The van der Waals surface area contributed by atoms with Crippen molar-refractivity contribution in [2.45, 2.75) is 109 Å². The van der Waals surface area contributed by atoms with Crippen molar-refractivity contribution in [3.05, 3.63) is 24.2 Å². The molecule has 3 N–H and O–H groups in total. The van der Waals surface area contributed by atoms with Gasteiger partial charge in [0.1, 0.15) is 23.1 Å². The van der Waals surface area contributed by atoms with Crippen LogP contribution in [0.5, 0.6) is 0 Å². The molecule has 0 bridgehead atoms. The van der Waals surface area contributed by atoms with Gasteiger partial charge in [-0.1, -0.05) is 48.5 Å². The molecule has 1 aliphatic heterocycles. The molecule has 3 rings (SSSR count). The van der Waals surface area contributed by atoms with Crippen LogP contribution in [0.15, 0.2) is 18.5 Å². The van der Waals surface area contributed by atoms with E-state index in [9.17, 15) is 5.11 Å². The smallest absolute Gasteiger partial charge is 0.239 e. The first-order chi connectivity index (χ1) is 16.5. The third-order valence-corrected chi connectivity index (χ3v) is 18.5. The molecule has 198 valence electrons. The van der Waals surface area contributed by atoms with E-state index in [1.54, 1.807) is 4.52 Å². The zero-order chi connectivity index (χ0) is 26.1. The SMILES string of the molecule is CC[Si](CC)(CC)OC[C@H]1OC(O)(c2ccc3c(N)ncnn23)[C@](C)(O[Si](CC)(CC)CC)[C@@H]1C. The molecule has 35 heavy (non-hydrogen) atoms. The van der Waals surface area contributed by atoms with Crippen molar-refractivity contribution in [2.24, 2.45) is 5.92 Å². The van der Waals surface area contributed by atoms with Gasteiger partial charge in [-0.15, -0.1) is 0 Å². The number of nitrogens with zero attached hydrogens (tertiary/aromatic N) is 3. The van der Waals surface area contributed by atoms with E-state index in [1.165, 1.54) is 6.33 Å². The second-order valence-electron chi connectivity index (χ2n) is 10.3. The zero-order valence-corrected chi connectivity index (χ0v) is 24.9. The monoisotopic (exact) mass is 522 g/mol. The molecule has 0 radical (unpaired) electrons. The van der Waals surface area contributed by atoms with Gasteiger partial charge >= 0.3 is 0 Å². The molecule has 0 spiro atoms. The van der Waals surface area contributed by atoms with E-state index in [2.05, 4.69) is 58.5 Å². The van der Waals surface area contributed by atoms with Crippen molar-refractivity contribution < 1.29 is 18.7 Å². The van der Waals surface area contributed by atoms with Crippen LogP contribution in [-0.2, 0) is 19.4 Å². The van der Waals surface area contributed by atoms with Gasteiger partial charge in [0.25, 0.3) is 0 Å². The molecule has 0 aromatic carbocycles. The highest BCUT2D eigenvalue weighted by atomic mass is 28.4. The van der Waals surface area contributed by atoms with E-state index in [0.29, 0.717) is 23.6 Å². The fraction of sp³-hybridized carbons (Fsp3) is 0.760. The molecule has 3 heterocycles. The number of aromatic nitrogens is 3. The molecule has 2 aromatic rings. The lowest BCUT2D eigenvalue weighted by Gasteiger charge is -2.46. The molecule has 0 aliphatic carbocycles. The van der Waals surface area contributed by atoms with E-state index in [4.69, 9.17) is 19.3 Å². The van der Waals surface area contributed by atoms with Gasteiger partial charge in [-0.3, -0.25) is 0 Å². The first-order valence-corrected chi connectivity index (χ1v) is 18.4. The second kappa shape index (κ2) is 10.6. The molecular weight excluding hydrogens is 476 g/mol. The summed E-state index contributed by atoms with van der Waals surface area (Å²) < 4.78 is 22.0. The minimum atomic E-state index is -2.12. The Bertz CT molecular complexity index is 980. The van der Waals surface area contributed by atoms with E-state index >= 15 is 0 Å². The molecule has 0 saturated carbocycles. The summed E-state index contributed by atoms with van der Waals surface area (Å²) >= 11 is 0. The molecule has 0 amide bonds. The number of nitrogens with two attached hydrogens (primary N) is 1. The maximum absolute atomic E-state index is 12.5. The first-order valence-electron chi connectivity index (χ1n) is 13.4. The summed E-state index contributed by atoms with van der Waals surface area (Å²) in [5.74, 6) is -1.47. The number of nitrogen functional groups attached to an aromatic ring is 1. The van der Waals surface area contributed by atoms with Crippen molar-refractivity contribution in [1.82, 2.24) is 14.6 Å². The number of hydrogen-bond donors (Lipinski definition) is 2. The summed E-state index contributed by atoms with van der Waals surface area (Å²) in [6.07, 6.45) is 1.09. The Hall–Kier alpha value is -1.31. The second-order valence-corrected chi connectivity index (χ2v) is 19.7. The highest BCUT2D eigenvalue weighted by Gasteiger charge is 2.66. The van der Waals surface area contributed by atoms with Crippen molar-refractivity contribution in [1.29, 1.82) is 0 Å². The molecule has 1 fully saturated rings. The molecule has 4 atom stereocenters. The van der Waals surface area contributed by atoms with Gasteiger partial charge in [0.05, 0.1) is 12.7 Å². The molecule has 1 aliphatic rings. The average molecular weight is 523 g/mol. The summed E-state index contributed by atoms with van der Waals surface area (Å²) in [6.45, 7) is 17.9. The highest BCUT2D eigenvalue weighted by molar-refractivity contribution is 6.74. The van der Waals surface area contributed by atoms with E-state index < -0.39 is 28.0 Å². The van der Waals surface area contributed by atoms with Crippen LogP contribution in [-0.4, -0.2) is 54.7 Å². The number of hydrogen-bond acceptors (Lipinski definition) is 7. The molecule has 8 nitrogen and oxygen atoms in total. The van der Waals surface area contributed by atoms with E-state index in [0.717, 1.165) is 36.3 Å². The summed E-state index contributed by atoms with van der Waals surface area (Å²) in [5, 5.41) is 16.9. The van der Waals surface area contributed by atoms with Crippen LogP contribution in [0.1, 0.15) is 61.1 Å². The number of anilines is 1. The number of fused-ring (bicyclic) bond motifs is 1. The first kappa shape index (κ1) is 28.3. The number of ether oxygens (including phenoxy) is 1. The van der Waals surface area contributed by atoms with Crippen molar-refractivity contribution in [3.8, 4) is 0 Å². The quantitative estimate of drug-likeness (QED) is 0.365. The molecule has 1 unspecified atom stereocenters. The van der Waals surface area contributed by atoms with Crippen molar-refractivity contribution >= 4 is 28.0 Å². The predicted molar refractivity (Wildman–Crippen MR) is 145 cm³/mol. The predicted octanol–water partition coefficient (Wildman–Crippen LogP) is 5.29. The third kappa shape index (κ3) is 4.62. The summed E-state index contributed by atoms with van der Waals surface area (Å²) in [6, 6.07) is 9.77. The van der Waals surface area contributed by atoms with Gasteiger partial charge in [0, 0.05) is 5.92 Å². The van der Waals surface area contributed by atoms with Crippen molar-refractivity contribution in [3.63, 3.8) is 0 Å². The van der Waals surface area contributed by atoms with Crippen LogP contribution in [0.4, 0.5) is 5.82 Å². The standard InChI is InChI=1S/C25H46N4O4Si2/c1-9-34(10-2,11-3)31-17-21-19(7)24(8,33-35(12-4,13-5)14-6)25(30,32-21)22-16-15-20-23(26)27-18-28-29(20)22/h15-16,18-19,21,30H,9-14,17H2,1-8H3,(H2,26,27,28)/t19-,21-,24-,25?/m1/s1. The van der Waals surface area contributed by atoms with Crippen LogP contribution in [0.2, 0.25) is 36.3 Å². The van der Waals surface area contributed by atoms with Crippen molar-refractivity contribution in [2.75, 3.05) is 12.3 Å². The molecular formula is C25H46N4O4Si2. The lowest BCUT2D eigenvalue weighted by Crippen LogP contribution is -2.58. The van der Waals surface area contributed by atoms with Crippen LogP contribution in [0, 0.1) is 5.92 Å². The van der Waals surface area contributed by atoms with Crippen LogP contribution in [0.25, 0.3) is 5.52 Å². The lowest BCUT2D eigenvalue weighted by atomic mass is 9.82. The fourth-order valence-electron chi connectivity index (χ4n) is 5.70. The number of rotatable bonds is 12. The topological polar surface area (TPSA) is 104 Å². The molecule has 10 heteroatoms. The van der Waals surface area contributed by atoms with Gasteiger partial charge in [-0.05, 0) is 55.3 Å². The molecule has 1 saturated heterocycles. The van der Waals surface area contributed by atoms with Gasteiger partial charge < -0.3 is 24.4 Å². The van der Waals surface area contributed by atoms with Gasteiger partial charge in [-0.25, -0.2) is 9.50 Å². The fourth-order valence-corrected chi connectivity index (χ4v) is 11.5. The Morgan fingerprint density at radius 3 is 2.14 bits per heavy atom. The summed E-state index contributed by atoms with van der Waals surface area (Å²) in [4.78, 5) is 4.10. The minimum Gasteiger partial charge on any atom is -0.414 e. The third-order valence-electron chi connectivity index (χ3n) is 9.10. The van der Waals surface area contributed by atoms with Crippen LogP contribution < -0.4 is 5.73 Å². The number of aliphatic hydroxyl groups is 1. The normalized spacial score (nSPS) is 27.7. The Balaban J connectivity index is 2.10. The maximum atomic E-state index is 12.5. The summed E-state index contributed by atoms with van der Waals surface area (Å²) in [7, 11) is -3.95. The Morgan fingerprint density at radius 1 is 1.03 bits per heavy atom.